The molecule has 3 heterocycles. The molecule has 4 aromatic rings. The number of carbonyl (C=O) groups is 1. The normalized spacial score (nSPS) is 17.4. The number of nitrogens with zero attached hydrogens (tertiary/aromatic N) is 4. The van der Waals surface area contributed by atoms with E-state index in [0.717, 1.165) is 17.0 Å². The van der Waals surface area contributed by atoms with Crippen LogP contribution in [-0.2, 0) is 6.54 Å². The third kappa shape index (κ3) is 3.62. The second kappa shape index (κ2) is 8.26. The molecule has 1 atom stereocenters. The van der Waals surface area contributed by atoms with Crippen molar-refractivity contribution in [3.63, 3.8) is 0 Å². The summed E-state index contributed by atoms with van der Waals surface area (Å²) in [4.78, 5) is 26.1. The van der Waals surface area contributed by atoms with Gasteiger partial charge in [-0.25, -0.2) is 23.6 Å². The van der Waals surface area contributed by atoms with Crippen molar-refractivity contribution in [2.45, 2.75) is 19.0 Å². The molecule has 1 unspecified atom stereocenters. The van der Waals surface area contributed by atoms with Crippen LogP contribution in [-0.4, -0.2) is 37.8 Å². The number of halogens is 2. The fourth-order valence-electron chi connectivity index (χ4n) is 4.00. The smallest absolute Gasteiger partial charge is 0.323 e. The summed E-state index contributed by atoms with van der Waals surface area (Å²) in [5, 5.41) is 3.63. The molecule has 9 heteroatoms. The lowest BCUT2D eigenvalue weighted by atomic mass is 10.0. The maximum atomic E-state index is 14.8. The number of carbonyl (C=O) groups excluding carboxylic acids is 1. The van der Waals surface area contributed by atoms with Gasteiger partial charge in [0, 0.05) is 48.1 Å². The lowest BCUT2D eigenvalue weighted by Gasteiger charge is -2.24. The average Bonchev–Trinajstić information content (AvgIpc) is 3.52. The van der Waals surface area contributed by atoms with Gasteiger partial charge in [0.25, 0.3) is 0 Å². The van der Waals surface area contributed by atoms with Crippen LogP contribution < -0.4 is 5.32 Å². The Morgan fingerprint density at radius 2 is 1.97 bits per heavy atom. The van der Waals surface area contributed by atoms with Gasteiger partial charge in [0.2, 0.25) is 0 Å². The summed E-state index contributed by atoms with van der Waals surface area (Å²) in [7, 11) is 0. The van der Waals surface area contributed by atoms with E-state index in [1.54, 1.807) is 18.7 Å². The number of fused-ring (bicyclic) bond motifs is 1. The number of amides is 2. The van der Waals surface area contributed by atoms with E-state index in [9.17, 15) is 13.6 Å². The largest absolute Gasteiger partial charge is 0.359 e. The summed E-state index contributed by atoms with van der Waals surface area (Å²) in [6.07, 6.45) is 7.54. The van der Waals surface area contributed by atoms with Crippen molar-refractivity contribution in [3.05, 3.63) is 84.6 Å². The van der Waals surface area contributed by atoms with Crippen LogP contribution >= 0.6 is 0 Å². The highest BCUT2D eigenvalue weighted by Crippen LogP contribution is 2.33. The Kier molecular flexibility index (Phi) is 5.14. The SMILES string of the molecule is O=C1N/C(=N\c2c[nH]c3ccccc23)C(c2cccc(F)c2F)N1CCCn1ccnc1. The predicted molar refractivity (Wildman–Crippen MR) is 117 cm³/mol. The van der Waals surface area contributed by atoms with Crippen LogP contribution in [0.15, 0.2) is 72.4 Å². The van der Waals surface area contributed by atoms with Crippen molar-refractivity contribution in [1.29, 1.82) is 0 Å². The van der Waals surface area contributed by atoms with Crippen molar-refractivity contribution >= 4 is 28.5 Å². The Morgan fingerprint density at radius 1 is 1.09 bits per heavy atom. The van der Waals surface area contributed by atoms with E-state index < -0.39 is 23.7 Å². The molecule has 0 spiro atoms. The summed E-state index contributed by atoms with van der Waals surface area (Å²) >= 11 is 0. The van der Waals surface area contributed by atoms with E-state index in [4.69, 9.17) is 0 Å². The summed E-state index contributed by atoms with van der Waals surface area (Å²) < 4.78 is 30.7. The molecular weight excluding hydrogens is 414 g/mol. The molecule has 162 valence electrons. The highest BCUT2D eigenvalue weighted by molar-refractivity contribution is 6.09. The first kappa shape index (κ1) is 19.9. The van der Waals surface area contributed by atoms with Crippen molar-refractivity contribution < 1.29 is 13.6 Å². The van der Waals surface area contributed by atoms with Gasteiger partial charge in [-0.05, 0) is 18.6 Å². The fourth-order valence-corrected chi connectivity index (χ4v) is 4.00. The molecule has 7 nitrogen and oxygen atoms in total. The van der Waals surface area contributed by atoms with Gasteiger partial charge in [0.1, 0.15) is 11.9 Å². The zero-order valence-electron chi connectivity index (χ0n) is 17.0. The third-order valence-electron chi connectivity index (χ3n) is 5.53. The van der Waals surface area contributed by atoms with Crippen molar-refractivity contribution in [2.24, 2.45) is 4.99 Å². The Balaban J connectivity index is 1.52. The number of benzene rings is 2. The number of rotatable bonds is 6. The van der Waals surface area contributed by atoms with Gasteiger partial charge in [-0.15, -0.1) is 0 Å². The Hall–Kier alpha value is -4.01. The highest BCUT2D eigenvalue weighted by Gasteiger charge is 2.39. The maximum Gasteiger partial charge on any atom is 0.323 e. The minimum atomic E-state index is -0.986. The van der Waals surface area contributed by atoms with E-state index in [1.165, 1.54) is 17.0 Å². The first-order chi connectivity index (χ1) is 15.6. The quantitative estimate of drug-likeness (QED) is 0.468. The van der Waals surface area contributed by atoms with E-state index in [1.807, 2.05) is 35.0 Å². The Bertz CT molecular complexity index is 1300. The molecule has 32 heavy (non-hydrogen) atoms. The van der Waals surface area contributed by atoms with E-state index >= 15 is 0 Å². The van der Waals surface area contributed by atoms with Gasteiger partial charge in [-0.3, -0.25) is 5.32 Å². The standard InChI is InChI=1S/C23H20F2N6O/c24-17-7-3-6-16(20(17)25)21-22(28-19-13-27-18-8-2-1-5-15(18)19)29-23(32)31(21)11-4-10-30-12-9-26-14-30/h1-3,5-9,12-14,21,27H,4,10-11H2,(H,28,29,32). The number of H-pyrrole nitrogens is 1. The number of hydrogen-bond acceptors (Lipinski definition) is 3. The molecule has 5 rings (SSSR count). The van der Waals surface area contributed by atoms with Crippen molar-refractivity contribution in [2.75, 3.05) is 6.54 Å². The third-order valence-corrected chi connectivity index (χ3v) is 5.53. The Morgan fingerprint density at radius 3 is 2.81 bits per heavy atom. The van der Waals surface area contributed by atoms with Crippen molar-refractivity contribution in [1.82, 2.24) is 24.8 Å². The summed E-state index contributed by atoms with van der Waals surface area (Å²) in [5.74, 6) is -1.70. The monoisotopic (exact) mass is 434 g/mol. The van der Waals surface area contributed by atoms with Crippen molar-refractivity contribution in [3.8, 4) is 0 Å². The zero-order valence-corrected chi connectivity index (χ0v) is 17.0. The number of imidazole rings is 1. The number of aromatic nitrogens is 3. The Labute approximate surface area is 182 Å². The van der Waals surface area contributed by atoms with Crippen LogP contribution in [0, 0.1) is 11.6 Å². The van der Waals surface area contributed by atoms with Gasteiger partial charge in [0.05, 0.1) is 12.0 Å². The number of hydrogen-bond donors (Lipinski definition) is 2. The molecule has 0 bridgehead atoms. The molecule has 1 fully saturated rings. The number of aliphatic imine (C=N–C) groups is 1. The van der Waals surface area contributed by atoms with Gasteiger partial charge in [-0.1, -0.05) is 30.3 Å². The van der Waals surface area contributed by atoms with E-state index in [0.29, 0.717) is 25.2 Å². The van der Waals surface area contributed by atoms with Crippen LogP contribution in [0.4, 0.5) is 19.3 Å². The molecule has 2 aromatic heterocycles. The number of nitrogens with one attached hydrogen (secondary N) is 2. The number of aryl methyl sites for hydroxylation is 1. The van der Waals surface area contributed by atoms with Crippen LogP contribution in [0.3, 0.4) is 0 Å². The van der Waals surface area contributed by atoms with Gasteiger partial charge in [-0.2, -0.15) is 0 Å². The van der Waals surface area contributed by atoms with Crippen LogP contribution in [0.25, 0.3) is 10.9 Å². The molecule has 2 aromatic carbocycles. The summed E-state index contributed by atoms with van der Waals surface area (Å²) in [6, 6.07) is 10.3. The number of amidine groups is 1. The number of urea groups is 1. The van der Waals surface area contributed by atoms with Gasteiger partial charge in [0.15, 0.2) is 11.6 Å². The van der Waals surface area contributed by atoms with E-state index in [2.05, 4.69) is 20.3 Å². The minimum absolute atomic E-state index is 0.0598. The second-order valence-corrected chi connectivity index (χ2v) is 7.54. The molecular formula is C23H20F2N6O. The zero-order chi connectivity index (χ0) is 22.1. The molecule has 0 aliphatic carbocycles. The van der Waals surface area contributed by atoms with Crippen LogP contribution in [0.2, 0.25) is 0 Å². The average molecular weight is 434 g/mol. The maximum absolute atomic E-state index is 14.8. The van der Waals surface area contributed by atoms with E-state index in [-0.39, 0.29) is 11.4 Å². The molecule has 1 saturated heterocycles. The van der Waals surface area contributed by atoms with Crippen LogP contribution in [0.1, 0.15) is 18.0 Å². The lowest BCUT2D eigenvalue weighted by Crippen LogP contribution is -2.31. The molecule has 1 aliphatic rings. The topological polar surface area (TPSA) is 78.3 Å². The minimum Gasteiger partial charge on any atom is -0.359 e. The highest BCUT2D eigenvalue weighted by atomic mass is 19.2. The van der Waals surface area contributed by atoms with Gasteiger partial charge >= 0.3 is 6.03 Å². The summed E-state index contributed by atoms with van der Waals surface area (Å²) in [5.41, 5.74) is 1.56. The first-order valence-corrected chi connectivity index (χ1v) is 10.2. The lowest BCUT2D eigenvalue weighted by molar-refractivity contribution is 0.203. The molecule has 1 aliphatic heterocycles. The predicted octanol–water partition coefficient (Wildman–Crippen LogP) is 4.53. The van der Waals surface area contributed by atoms with Crippen LogP contribution in [0.5, 0.6) is 0 Å². The second-order valence-electron chi connectivity index (χ2n) is 7.54. The molecule has 2 amide bonds. The first-order valence-electron chi connectivity index (χ1n) is 10.2. The number of aromatic amines is 1. The summed E-state index contributed by atoms with van der Waals surface area (Å²) in [6.45, 7) is 0.967. The molecule has 0 saturated carbocycles. The number of para-hydroxylation sites is 1. The molecule has 0 radical (unpaired) electrons. The fraction of sp³-hybridized carbons (Fsp3) is 0.174. The molecule has 2 N–H and O–H groups in total. The van der Waals surface area contributed by atoms with Gasteiger partial charge < -0.3 is 14.5 Å².